The molecule has 5 nitrogen and oxygen atoms in total. The van der Waals surface area contributed by atoms with Gasteiger partial charge in [-0.3, -0.25) is 14.4 Å². The van der Waals surface area contributed by atoms with Gasteiger partial charge in [-0.2, -0.15) is 0 Å². The topological polar surface area (TPSA) is 72.5 Å². The molecule has 132 valence electrons. The van der Waals surface area contributed by atoms with Crippen molar-refractivity contribution in [3.8, 4) is 0 Å². The Hall–Kier alpha value is -1.82. The second kappa shape index (κ2) is 10.9. The van der Waals surface area contributed by atoms with Crippen LogP contribution < -0.4 is 5.32 Å². The maximum Gasteiger partial charge on any atom is 0.305 e. The van der Waals surface area contributed by atoms with E-state index in [9.17, 15) is 14.4 Å². The molecule has 0 aromatic heterocycles. The molecule has 0 saturated heterocycles. The van der Waals surface area contributed by atoms with E-state index in [4.69, 9.17) is 0 Å². The van der Waals surface area contributed by atoms with Gasteiger partial charge in [-0.25, -0.2) is 0 Å². The van der Waals surface area contributed by atoms with Gasteiger partial charge in [0.1, 0.15) is 0 Å². The molecular formula is C18H25NO4S. The number of esters is 1. The highest BCUT2D eigenvalue weighted by atomic mass is 32.2. The predicted molar refractivity (Wildman–Crippen MR) is 97.0 cm³/mol. The first-order chi connectivity index (χ1) is 11.4. The molecule has 0 radical (unpaired) electrons. The molecule has 0 aliphatic heterocycles. The van der Waals surface area contributed by atoms with Crippen molar-refractivity contribution in [3.05, 3.63) is 29.8 Å². The van der Waals surface area contributed by atoms with Crippen molar-refractivity contribution in [2.75, 3.05) is 12.4 Å². The van der Waals surface area contributed by atoms with Crippen LogP contribution in [-0.4, -0.2) is 29.4 Å². The number of hydrogen-bond donors (Lipinski definition) is 1. The molecule has 0 fully saturated rings. The number of methoxy groups -OCH3 is 1. The first-order valence-electron chi connectivity index (χ1n) is 8.03. The third-order valence-electron chi connectivity index (χ3n) is 3.46. The van der Waals surface area contributed by atoms with Crippen LogP contribution in [0.25, 0.3) is 0 Å². The van der Waals surface area contributed by atoms with E-state index >= 15 is 0 Å². The summed E-state index contributed by atoms with van der Waals surface area (Å²) < 4.78 is 4.53. The number of rotatable bonds is 9. The van der Waals surface area contributed by atoms with Crippen LogP contribution >= 0.6 is 11.8 Å². The predicted octanol–water partition coefficient (Wildman–Crippen LogP) is 3.57. The first-order valence-corrected chi connectivity index (χ1v) is 8.91. The zero-order valence-electron chi connectivity index (χ0n) is 14.5. The van der Waals surface area contributed by atoms with Crippen LogP contribution in [0.2, 0.25) is 0 Å². The fraction of sp³-hybridized carbons (Fsp3) is 0.500. The van der Waals surface area contributed by atoms with Crippen LogP contribution in [0.4, 0.5) is 5.69 Å². The van der Waals surface area contributed by atoms with E-state index in [0.29, 0.717) is 11.7 Å². The lowest BCUT2D eigenvalue weighted by Gasteiger charge is -2.09. The molecule has 0 spiro atoms. The monoisotopic (exact) mass is 351 g/mol. The number of thioether (sulfide) groups is 1. The quantitative estimate of drug-likeness (QED) is 0.689. The number of hydrogen-bond acceptors (Lipinski definition) is 5. The van der Waals surface area contributed by atoms with Gasteiger partial charge in [0.25, 0.3) is 0 Å². The SMILES string of the molecule is COC(=O)CCCC(=O)Nc1ccc(CCC(C)SC(C)=O)cc1. The van der Waals surface area contributed by atoms with Crippen molar-refractivity contribution in [1.29, 1.82) is 0 Å². The van der Waals surface area contributed by atoms with Gasteiger partial charge >= 0.3 is 5.97 Å². The van der Waals surface area contributed by atoms with Crippen LogP contribution in [0.1, 0.15) is 45.1 Å². The van der Waals surface area contributed by atoms with Crippen LogP contribution in [0.15, 0.2) is 24.3 Å². The second-order valence-corrected chi connectivity index (χ2v) is 7.25. The van der Waals surface area contributed by atoms with Gasteiger partial charge in [0.05, 0.1) is 7.11 Å². The maximum atomic E-state index is 11.8. The Morgan fingerprint density at radius 3 is 2.42 bits per heavy atom. The minimum absolute atomic E-state index is 0.113. The lowest BCUT2D eigenvalue weighted by Crippen LogP contribution is -2.12. The fourth-order valence-corrected chi connectivity index (χ4v) is 2.99. The summed E-state index contributed by atoms with van der Waals surface area (Å²) in [5.74, 6) is -0.414. The highest BCUT2D eigenvalue weighted by Gasteiger charge is 2.08. The van der Waals surface area contributed by atoms with Crippen molar-refractivity contribution in [1.82, 2.24) is 0 Å². The molecule has 0 bridgehead atoms. The van der Waals surface area contributed by atoms with Gasteiger partial charge in [-0.05, 0) is 37.0 Å². The molecule has 1 amide bonds. The van der Waals surface area contributed by atoms with Crippen molar-refractivity contribution < 1.29 is 19.1 Å². The summed E-state index contributed by atoms with van der Waals surface area (Å²) in [6.45, 7) is 3.64. The van der Waals surface area contributed by atoms with Crippen molar-refractivity contribution in [3.63, 3.8) is 0 Å². The molecule has 1 rings (SSSR count). The normalized spacial score (nSPS) is 11.6. The molecule has 0 saturated carbocycles. The number of amides is 1. The van der Waals surface area contributed by atoms with Crippen LogP contribution in [0.5, 0.6) is 0 Å². The Morgan fingerprint density at radius 2 is 1.83 bits per heavy atom. The number of carbonyl (C=O) groups excluding carboxylic acids is 3. The van der Waals surface area contributed by atoms with Gasteiger partial charge in [0.2, 0.25) is 5.91 Å². The number of carbonyl (C=O) groups is 3. The van der Waals surface area contributed by atoms with E-state index in [2.05, 4.69) is 17.0 Å². The zero-order chi connectivity index (χ0) is 17.9. The van der Waals surface area contributed by atoms with E-state index in [1.54, 1.807) is 6.92 Å². The van der Waals surface area contributed by atoms with Gasteiger partial charge in [-0.1, -0.05) is 30.8 Å². The van der Waals surface area contributed by atoms with Gasteiger partial charge in [0, 0.05) is 30.7 Å². The van der Waals surface area contributed by atoms with E-state index in [1.807, 2.05) is 24.3 Å². The summed E-state index contributed by atoms with van der Waals surface area (Å²) in [5, 5.41) is 3.26. The molecule has 1 aromatic rings. The summed E-state index contributed by atoms with van der Waals surface area (Å²) in [6.07, 6.45) is 2.84. The van der Waals surface area contributed by atoms with Gasteiger partial charge in [0.15, 0.2) is 5.12 Å². The van der Waals surface area contributed by atoms with Crippen LogP contribution in [0, 0.1) is 0 Å². The van der Waals surface area contributed by atoms with Crippen molar-refractivity contribution in [2.45, 2.75) is 51.2 Å². The van der Waals surface area contributed by atoms with Crippen LogP contribution in [0.3, 0.4) is 0 Å². The third-order valence-corrected chi connectivity index (χ3v) is 4.43. The Bertz CT molecular complexity index is 557. The van der Waals surface area contributed by atoms with Crippen molar-refractivity contribution in [2.24, 2.45) is 0 Å². The molecule has 0 heterocycles. The highest BCUT2D eigenvalue weighted by molar-refractivity contribution is 8.14. The smallest absolute Gasteiger partial charge is 0.305 e. The zero-order valence-corrected chi connectivity index (χ0v) is 15.3. The number of nitrogens with one attached hydrogen (secondary N) is 1. The number of aryl methyl sites for hydroxylation is 1. The highest BCUT2D eigenvalue weighted by Crippen LogP contribution is 2.18. The standard InChI is InChI=1S/C18H25NO4S/c1-13(24-14(2)20)7-8-15-9-11-16(12-10-15)19-17(21)5-4-6-18(22)23-3/h9-13H,4-8H2,1-3H3,(H,19,21). The van der Waals surface area contributed by atoms with Gasteiger partial charge < -0.3 is 10.1 Å². The summed E-state index contributed by atoms with van der Waals surface area (Å²) in [7, 11) is 1.34. The first kappa shape index (κ1) is 20.2. The molecule has 0 aliphatic rings. The van der Waals surface area contributed by atoms with Gasteiger partial charge in [-0.15, -0.1) is 0 Å². The number of ether oxygens (including phenoxy) is 1. The molecular weight excluding hydrogens is 326 g/mol. The molecule has 6 heteroatoms. The second-order valence-electron chi connectivity index (χ2n) is 5.63. The summed E-state index contributed by atoms with van der Waals surface area (Å²) in [4.78, 5) is 33.8. The van der Waals surface area contributed by atoms with E-state index in [1.165, 1.54) is 24.4 Å². The molecule has 0 aliphatic carbocycles. The molecule has 1 unspecified atom stereocenters. The average molecular weight is 351 g/mol. The Labute approximate surface area is 147 Å². The Kier molecular flexibility index (Phi) is 9.15. The Morgan fingerprint density at radius 1 is 1.17 bits per heavy atom. The minimum atomic E-state index is -0.302. The molecule has 24 heavy (non-hydrogen) atoms. The number of anilines is 1. The molecule has 1 N–H and O–H groups in total. The minimum Gasteiger partial charge on any atom is -0.469 e. The summed E-state index contributed by atoms with van der Waals surface area (Å²) in [5.41, 5.74) is 1.92. The molecule has 1 atom stereocenters. The Balaban J connectivity index is 2.34. The largest absolute Gasteiger partial charge is 0.469 e. The van der Waals surface area contributed by atoms with E-state index in [0.717, 1.165) is 18.5 Å². The summed E-state index contributed by atoms with van der Waals surface area (Å²) in [6, 6.07) is 7.71. The fourth-order valence-electron chi connectivity index (χ4n) is 2.19. The van der Waals surface area contributed by atoms with Crippen LogP contribution in [-0.2, 0) is 25.5 Å². The van der Waals surface area contributed by atoms with E-state index in [-0.39, 0.29) is 29.8 Å². The van der Waals surface area contributed by atoms with E-state index < -0.39 is 0 Å². The summed E-state index contributed by atoms with van der Waals surface area (Å²) >= 11 is 1.37. The number of benzene rings is 1. The lowest BCUT2D eigenvalue weighted by molar-refractivity contribution is -0.140. The molecule has 1 aromatic carbocycles. The average Bonchev–Trinajstić information content (AvgIpc) is 2.53. The maximum absolute atomic E-state index is 11.8. The van der Waals surface area contributed by atoms with Crippen molar-refractivity contribution >= 4 is 34.4 Å². The third kappa shape index (κ3) is 8.72. The lowest BCUT2D eigenvalue weighted by atomic mass is 10.1.